The van der Waals surface area contributed by atoms with E-state index in [4.69, 9.17) is 5.11 Å². The predicted octanol–water partition coefficient (Wildman–Crippen LogP) is 3.09. The van der Waals surface area contributed by atoms with Crippen LogP contribution in [0.5, 0.6) is 0 Å². The van der Waals surface area contributed by atoms with Gasteiger partial charge in [-0.2, -0.15) is 11.8 Å². The molecule has 0 aliphatic heterocycles. The molecule has 9 heteroatoms. The first-order valence-electron chi connectivity index (χ1n) is 4.94. The molecular weight excluding hydrogens is 1530 g/mol. The molecule has 92 valence electrons. The van der Waals surface area contributed by atoms with Gasteiger partial charge in [0.25, 0.3) is 6.18 Å². The largest absolute Gasteiger partial charge is 0.554 e. The summed E-state index contributed by atoms with van der Waals surface area (Å²) >= 11 is 0. The first-order valence-corrected chi connectivity index (χ1v) is 4.94. The summed E-state index contributed by atoms with van der Waals surface area (Å²) in [4.78, 5) is 0. The van der Waals surface area contributed by atoms with Gasteiger partial charge in [-0.05, 0) is 0 Å². The average molecular weight is 1540 g/mol. The first kappa shape index (κ1) is 23.5. The summed E-state index contributed by atoms with van der Waals surface area (Å²) < 4.78 is 36.1. The van der Waals surface area contributed by atoms with E-state index in [9.17, 15) is 13.2 Å². The normalized spacial score (nSPS) is 27.3. The summed E-state index contributed by atoms with van der Waals surface area (Å²) in [5, 5.41) is 8.85. The SMILES string of the molecule is O[C-](CC1CC2[CH-]C1CC2)C(F)(F)F.[Rf].[Rf].[Rf].[Rf].[Rf]. The molecule has 1 N–H and O–H groups in total. The number of fused-ring (bicyclic) bond motifs is 2. The maximum Gasteiger partial charge on any atom is 0.294 e. The zero-order valence-electron chi connectivity index (χ0n) is 11.3. The minimum Gasteiger partial charge on any atom is -0.554 e. The number of hydrogen-bond donors (Lipinski definition) is 1. The van der Waals surface area contributed by atoms with Gasteiger partial charge in [0.15, 0.2) is 0 Å². The van der Waals surface area contributed by atoms with Crippen molar-refractivity contribution in [2.45, 2.75) is 31.9 Å². The topological polar surface area (TPSA) is 20.2 Å². The number of halogens is 3. The van der Waals surface area contributed by atoms with E-state index >= 15 is 0 Å². The van der Waals surface area contributed by atoms with Gasteiger partial charge >= 0.3 is 0 Å². The Hall–Kier alpha value is -5.25. The second kappa shape index (κ2) is 5.59. The summed E-state index contributed by atoms with van der Waals surface area (Å²) in [5.74, 6) is 0.839. The van der Waals surface area contributed by atoms with E-state index in [0.29, 0.717) is 11.8 Å². The Morgan fingerprint density at radius 3 is 1.89 bits per heavy atom. The van der Waals surface area contributed by atoms with Gasteiger partial charge in [-0.1, -0.05) is 31.3 Å². The second-order valence-electron chi connectivity index (χ2n) is 4.34. The zero-order chi connectivity index (χ0) is 10.3. The van der Waals surface area contributed by atoms with Crippen molar-refractivity contribution in [3.05, 3.63) is 12.5 Å². The van der Waals surface area contributed by atoms with Crippen molar-refractivity contribution < 1.29 is 18.3 Å². The molecule has 3 atom stereocenters. The quantitative estimate of drug-likeness (QED) is 0.423. The molecule has 0 amide bonds. The molecule has 2 fully saturated rings. The van der Waals surface area contributed by atoms with Gasteiger partial charge in [-0.15, -0.1) is 6.42 Å². The minimum atomic E-state index is -4.53. The van der Waals surface area contributed by atoms with E-state index in [1.165, 1.54) is 0 Å². The fraction of sp³-hybridized carbons (Fsp3) is 0.800. The summed E-state index contributed by atoms with van der Waals surface area (Å²) in [6.07, 6.45) is -0.917. The van der Waals surface area contributed by atoms with Crippen molar-refractivity contribution >= 4 is 0 Å². The number of aliphatic hydroxyl groups excluding tert-OH is 1. The van der Waals surface area contributed by atoms with Crippen molar-refractivity contribution in [3.8, 4) is 0 Å². The molecule has 0 aromatic rings. The molecule has 0 spiro atoms. The van der Waals surface area contributed by atoms with E-state index in [1.54, 1.807) is 0 Å². The Bertz CT molecular complexity index is 230. The number of aliphatic hydroxyl groups is 1. The Kier molecular flexibility index (Phi) is 6.91. The minimum absolute atomic E-state index is 0. The van der Waals surface area contributed by atoms with Gasteiger partial charge < -0.3 is 11.5 Å². The van der Waals surface area contributed by atoms with Crippen molar-refractivity contribution in [3.63, 3.8) is 0 Å². The van der Waals surface area contributed by atoms with Crippen LogP contribution in [0.15, 0.2) is 0 Å². The predicted molar refractivity (Wildman–Crippen MR) is 44.5 cm³/mol. The summed E-state index contributed by atoms with van der Waals surface area (Å²) in [5.41, 5.74) is 0. The molecule has 0 aromatic carbocycles. The van der Waals surface area contributed by atoms with Crippen LogP contribution in [0.25, 0.3) is 0 Å². The average Bonchev–Trinajstić information content (AvgIpc) is 2.62. The smallest absolute Gasteiger partial charge is 0.294 e. The van der Waals surface area contributed by atoms with E-state index in [0.717, 1.165) is 19.3 Å². The second-order valence-corrected chi connectivity index (χ2v) is 4.34. The summed E-state index contributed by atoms with van der Waals surface area (Å²) in [6, 6.07) is 0. The van der Waals surface area contributed by atoms with Gasteiger partial charge in [0.05, 0.1) is 0 Å². The van der Waals surface area contributed by atoms with E-state index in [-0.39, 0.29) is 12.3 Å². The van der Waals surface area contributed by atoms with Crippen LogP contribution in [-0.4, -0.2) is 11.3 Å². The van der Waals surface area contributed by atoms with Crippen molar-refractivity contribution in [1.29, 1.82) is 0 Å². The molecule has 0 aromatic heterocycles. The molecule has 0 heterocycles. The van der Waals surface area contributed by atoms with Gasteiger partial charge in [0.2, 0.25) is 0 Å². The molecule has 19 heavy (non-hydrogen) atoms. The van der Waals surface area contributed by atoms with Crippen molar-refractivity contribution in [2.75, 3.05) is 0 Å². The number of hydrogen-bond acceptors (Lipinski definition) is 1. The fourth-order valence-electron chi connectivity index (χ4n) is 2.70. The van der Waals surface area contributed by atoms with Gasteiger partial charge in [-0.25, -0.2) is 13.2 Å². The molecule has 0 saturated heterocycles. The van der Waals surface area contributed by atoms with Gasteiger partial charge in [-0.3, -0.25) is 0 Å². The molecular formula is C10H13F3ORf5-2. The number of alkyl halides is 3. The molecule has 2 rings (SSSR count). The zero-order valence-corrected chi connectivity index (χ0v) is 43.3. The van der Waals surface area contributed by atoms with Crippen LogP contribution in [0.4, 0.5) is 13.2 Å². The molecule has 2 saturated carbocycles. The third-order valence-electron chi connectivity index (χ3n) is 3.38. The van der Waals surface area contributed by atoms with Crippen LogP contribution >= 0.6 is 0 Å². The molecule has 2 aliphatic rings. The molecule has 1 nitrogen and oxygen atoms in total. The maximum absolute atomic E-state index is 12.0. The Balaban J connectivity index is -0.000000225. The van der Waals surface area contributed by atoms with Crippen LogP contribution in [-0.2, 0) is 0 Å². The van der Waals surface area contributed by atoms with Gasteiger partial charge in [0.1, 0.15) is 0 Å². The van der Waals surface area contributed by atoms with Crippen LogP contribution in [0.1, 0.15) is 25.7 Å². The monoisotopic (exact) mass is 1540 g/mol. The first-order chi connectivity index (χ1) is 6.47. The number of rotatable bonds is 2. The van der Waals surface area contributed by atoms with Crippen LogP contribution in [0.2, 0.25) is 0 Å². The van der Waals surface area contributed by atoms with E-state index < -0.39 is 12.3 Å². The molecule has 2 aliphatic carbocycles. The van der Waals surface area contributed by atoms with E-state index in [1.807, 2.05) is 0 Å². The van der Waals surface area contributed by atoms with Crippen LogP contribution in [0.3, 0.4) is 0 Å². The Morgan fingerprint density at radius 2 is 1.58 bits per heavy atom. The van der Waals surface area contributed by atoms with Gasteiger partial charge in [0, 0.05) is 0 Å². The Morgan fingerprint density at radius 1 is 1.05 bits per heavy atom. The Labute approximate surface area is 81.3 Å². The fourth-order valence-corrected chi connectivity index (χ4v) is 2.70. The summed E-state index contributed by atoms with van der Waals surface area (Å²) in [6.45, 7) is 0. The molecule has 2 bridgehead atoms. The molecule has 3 unspecified atom stereocenters. The third kappa shape index (κ3) is 3.11. The maximum atomic E-state index is 12.0. The van der Waals surface area contributed by atoms with Crippen molar-refractivity contribution in [1.82, 2.24) is 0 Å². The van der Waals surface area contributed by atoms with Crippen molar-refractivity contribution in [2.24, 2.45) is 17.8 Å². The van der Waals surface area contributed by atoms with E-state index in [2.05, 4.69) is 6.42 Å². The van der Waals surface area contributed by atoms with Crippen LogP contribution < -0.4 is 0 Å². The molecule has 0 radical (unpaired) electrons. The standard InChI is InChI=1S/C10H13F3O.5Rf/c11-10(12,13)9(14)5-8-4-6-1-2-7(8)3-6;;;;;/h3,6-8,14H,1-2,4-5H2;;;;;/q-2;;;;;. The third-order valence-corrected chi connectivity index (χ3v) is 3.38. The summed E-state index contributed by atoms with van der Waals surface area (Å²) in [7, 11) is 0. The van der Waals surface area contributed by atoms with Crippen LogP contribution in [0, 0.1) is 30.3 Å².